The summed E-state index contributed by atoms with van der Waals surface area (Å²) in [6.45, 7) is 0. The maximum absolute atomic E-state index is 3.42. The molecule has 52 heavy (non-hydrogen) atoms. The molecular weight excluding hydrogens is 694 g/mol. The van der Waals surface area contributed by atoms with Crippen LogP contribution >= 0.6 is 15.9 Å². The SMILES string of the molecule is Brc1ccc(-c2ccccc2)cc1.C.c1ccc(-c2ccc(N(c3ccccc3)c3ccccc3)cc2)cc1.c1ccc(Cc2ccccc2)cc1. The second-order valence-electron chi connectivity index (χ2n) is 11.9. The van der Waals surface area contributed by atoms with Crippen LogP contribution in [-0.2, 0) is 6.42 Å². The topological polar surface area (TPSA) is 3.24 Å². The maximum atomic E-state index is 3.42. The molecular formula is C50H44BrN. The summed E-state index contributed by atoms with van der Waals surface area (Å²) in [6, 6.07) is 79.9. The third-order valence-electron chi connectivity index (χ3n) is 8.31. The molecule has 0 aliphatic rings. The number of nitrogens with zero attached hydrogens (tertiary/aromatic N) is 1. The van der Waals surface area contributed by atoms with Crippen LogP contribution in [0.2, 0.25) is 0 Å². The molecule has 2 heteroatoms. The molecule has 0 aromatic heterocycles. The number of hydrogen-bond donors (Lipinski definition) is 0. The van der Waals surface area contributed by atoms with Gasteiger partial charge in [-0.15, -0.1) is 0 Å². The van der Waals surface area contributed by atoms with E-state index in [4.69, 9.17) is 0 Å². The van der Waals surface area contributed by atoms with Crippen LogP contribution in [0, 0.1) is 0 Å². The first-order valence-electron chi connectivity index (χ1n) is 17.2. The van der Waals surface area contributed by atoms with Crippen LogP contribution in [0.5, 0.6) is 0 Å². The average molecular weight is 739 g/mol. The molecule has 0 bridgehead atoms. The molecule has 0 amide bonds. The molecule has 0 heterocycles. The Morgan fingerprint density at radius 2 is 0.558 bits per heavy atom. The van der Waals surface area contributed by atoms with Gasteiger partial charge in [-0.1, -0.05) is 205 Å². The molecule has 0 saturated heterocycles. The highest BCUT2D eigenvalue weighted by atomic mass is 79.9. The summed E-state index contributed by atoms with van der Waals surface area (Å²) in [5, 5.41) is 0. The number of benzene rings is 8. The number of halogens is 1. The van der Waals surface area contributed by atoms with Gasteiger partial charge in [-0.25, -0.2) is 0 Å². The van der Waals surface area contributed by atoms with Crippen LogP contribution in [-0.4, -0.2) is 0 Å². The Kier molecular flexibility index (Phi) is 14.4. The molecule has 0 atom stereocenters. The third kappa shape index (κ3) is 11.0. The molecule has 0 spiro atoms. The Hall–Kier alpha value is -5.96. The van der Waals surface area contributed by atoms with Gasteiger partial charge in [0.15, 0.2) is 0 Å². The summed E-state index contributed by atoms with van der Waals surface area (Å²) in [4.78, 5) is 2.27. The van der Waals surface area contributed by atoms with E-state index in [1.54, 1.807) is 0 Å². The van der Waals surface area contributed by atoms with Crippen molar-refractivity contribution in [3.05, 3.63) is 246 Å². The number of para-hydroxylation sites is 2. The number of hydrogen-bond acceptors (Lipinski definition) is 1. The second kappa shape index (κ2) is 20.0. The molecule has 0 aliphatic heterocycles. The van der Waals surface area contributed by atoms with E-state index < -0.39 is 0 Å². The molecule has 0 radical (unpaired) electrons. The van der Waals surface area contributed by atoms with E-state index in [9.17, 15) is 0 Å². The summed E-state index contributed by atoms with van der Waals surface area (Å²) in [5.74, 6) is 0. The van der Waals surface area contributed by atoms with Crippen LogP contribution in [0.4, 0.5) is 17.1 Å². The van der Waals surface area contributed by atoms with Gasteiger partial charge in [-0.2, -0.15) is 0 Å². The lowest BCUT2D eigenvalue weighted by Crippen LogP contribution is -2.09. The van der Waals surface area contributed by atoms with Crippen molar-refractivity contribution >= 4 is 33.0 Å². The van der Waals surface area contributed by atoms with E-state index >= 15 is 0 Å². The first kappa shape index (κ1) is 37.3. The number of rotatable bonds is 7. The Labute approximate surface area is 318 Å². The zero-order chi connectivity index (χ0) is 34.9. The molecule has 8 aromatic carbocycles. The molecule has 0 N–H and O–H groups in total. The van der Waals surface area contributed by atoms with Crippen LogP contribution < -0.4 is 4.90 Å². The summed E-state index contributed by atoms with van der Waals surface area (Å²) < 4.78 is 1.12. The Balaban J connectivity index is 0.000000164. The largest absolute Gasteiger partial charge is 0.311 e. The minimum Gasteiger partial charge on any atom is -0.311 e. The lowest BCUT2D eigenvalue weighted by molar-refractivity contribution is 1.19. The molecule has 8 rings (SSSR count). The summed E-state index contributed by atoms with van der Waals surface area (Å²) in [5.41, 5.74) is 11.2. The van der Waals surface area contributed by atoms with Gasteiger partial charge in [-0.05, 0) is 88.3 Å². The van der Waals surface area contributed by atoms with Crippen molar-refractivity contribution in [2.24, 2.45) is 0 Å². The van der Waals surface area contributed by atoms with Crippen LogP contribution in [0.15, 0.2) is 235 Å². The van der Waals surface area contributed by atoms with Crippen molar-refractivity contribution in [1.82, 2.24) is 0 Å². The first-order chi connectivity index (χ1) is 25.2. The minimum atomic E-state index is 0. The van der Waals surface area contributed by atoms with E-state index in [0.29, 0.717) is 0 Å². The van der Waals surface area contributed by atoms with Crippen molar-refractivity contribution in [2.75, 3.05) is 4.90 Å². The Morgan fingerprint density at radius 1 is 0.288 bits per heavy atom. The fourth-order valence-corrected chi connectivity index (χ4v) is 6.00. The summed E-state index contributed by atoms with van der Waals surface area (Å²) >= 11 is 3.42. The smallest absolute Gasteiger partial charge is 0.0462 e. The fourth-order valence-electron chi connectivity index (χ4n) is 5.74. The highest BCUT2D eigenvalue weighted by molar-refractivity contribution is 9.10. The summed E-state index contributed by atoms with van der Waals surface area (Å²) in [6.07, 6.45) is 1.03. The molecule has 0 saturated carbocycles. The van der Waals surface area contributed by atoms with Gasteiger partial charge in [0.05, 0.1) is 0 Å². The second-order valence-corrected chi connectivity index (χ2v) is 12.9. The van der Waals surface area contributed by atoms with Crippen LogP contribution in [0.3, 0.4) is 0 Å². The standard InChI is InChI=1S/C24H19N.C13H12.C12H9Br.CH4/c1-4-10-20(11-5-1)21-16-18-24(19-17-21)25(22-12-6-2-7-13-22)23-14-8-3-9-15-23;1-3-7-12(8-4-1)11-13-9-5-2-6-10-13;13-12-8-6-11(7-9-12)10-4-2-1-3-5-10;/h1-19H;1-10H,11H2;1-9H;1H4. The van der Waals surface area contributed by atoms with Gasteiger partial charge in [0, 0.05) is 21.5 Å². The van der Waals surface area contributed by atoms with Gasteiger partial charge in [0.25, 0.3) is 0 Å². The first-order valence-corrected chi connectivity index (χ1v) is 18.0. The van der Waals surface area contributed by atoms with E-state index in [1.807, 2.05) is 24.3 Å². The van der Waals surface area contributed by atoms with Crippen molar-refractivity contribution in [2.45, 2.75) is 13.8 Å². The predicted molar refractivity (Wildman–Crippen MR) is 229 cm³/mol. The van der Waals surface area contributed by atoms with Gasteiger partial charge in [-0.3, -0.25) is 0 Å². The summed E-state index contributed by atoms with van der Waals surface area (Å²) in [7, 11) is 0. The number of anilines is 3. The Bertz CT molecular complexity index is 2040. The molecule has 0 fully saturated rings. The van der Waals surface area contributed by atoms with Crippen LogP contribution in [0.1, 0.15) is 18.6 Å². The molecule has 8 aromatic rings. The molecule has 0 aliphatic carbocycles. The van der Waals surface area contributed by atoms with Gasteiger partial charge >= 0.3 is 0 Å². The molecule has 256 valence electrons. The minimum absolute atomic E-state index is 0. The van der Waals surface area contributed by atoms with Gasteiger partial charge in [0.2, 0.25) is 0 Å². The highest BCUT2D eigenvalue weighted by Gasteiger charge is 2.11. The normalized spacial score (nSPS) is 9.94. The van der Waals surface area contributed by atoms with Crippen molar-refractivity contribution in [3.8, 4) is 22.3 Å². The lowest BCUT2D eigenvalue weighted by Gasteiger charge is -2.25. The lowest BCUT2D eigenvalue weighted by atomic mass is 10.0. The Morgan fingerprint density at radius 3 is 0.923 bits per heavy atom. The van der Waals surface area contributed by atoms with E-state index in [1.165, 1.54) is 33.4 Å². The van der Waals surface area contributed by atoms with Gasteiger partial charge in [0.1, 0.15) is 0 Å². The van der Waals surface area contributed by atoms with E-state index in [2.05, 4.69) is 227 Å². The predicted octanol–water partition coefficient (Wildman–Crippen LogP) is 14.9. The average Bonchev–Trinajstić information content (AvgIpc) is 3.21. The van der Waals surface area contributed by atoms with Crippen molar-refractivity contribution in [1.29, 1.82) is 0 Å². The van der Waals surface area contributed by atoms with Crippen molar-refractivity contribution < 1.29 is 0 Å². The molecule has 0 unspecified atom stereocenters. The quantitative estimate of drug-likeness (QED) is 0.157. The van der Waals surface area contributed by atoms with Crippen LogP contribution in [0.25, 0.3) is 22.3 Å². The van der Waals surface area contributed by atoms with E-state index in [-0.39, 0.29) is 7.43 Å². The maximum Gasteiger partial charge on any atom is 0.0462 e. The fraction of sp³-hybridized carbons (Fsp3) is 0.0400. The van der Waals surface area contributed by atoms with Crippen molar-refractivity contribution in [3.63, 3.8) is 0 Å². The molecule has 1 nitrogen and oxygen atoms in total. The zero-order valence-electron chi connectivity index (χ0n) is 28.5. The monoisotopic (exact) mass is 737 g/mol. The van der Waals surface area contributed by atoms with Gasteiger partial charge < -0.3 is 4.90 Å². The highest BCUT2D eigenvalue weighted by Crippen LogP contribution is 2.35. The third-order valence-corrected chi connectivity index (χ3v) is 8.84. The zero-order valence-corrected chi connectivity index (χ0v) is 30.1. The van der Waals surface area contributed by atoms with E-state index in [0.717, 1.165) is 28.0 Å².